The molecular weight excluding hydrogens is 240 g/mol. The van der Waals surface area contributed by atoms with Crippen molar-refractivity contribution in [1.82, 2.24) is 0 Å². The van der Waals surface area contributed by atoms with E-state index >= 15 is 0 Å². The summed E-state index contributed by atoms with van der Waals surface area (Å²) in [6.07, 6.45) is 1.42. The van der Waals surface area contributed by atoms with Crippen LogP contribution in [0.25, 0.3) is 0 Å². The summed E-state index contributed by atoms with van der Waals surface area (Å²) in [6.45, 7) is 6.38. The molecular formula is C12H15BrO. The van der Waals surface area contributed by atoms with Gasteiger partial charge < -0.3 is 4.74 Å². The predicted molar refractivity (Wildman–Crippen MR) is 61.5 cm³/mol. The van der Waals surface area contributed by atoms with Gasteiger partial charge in [-0.1, -0.05) is 28.1 Å². The summed E-state index contributed by atoms with van der Waals surface area (Å²) in [5.74, 6) is 0. The SMILES string of the molecule is Cc1ccc(CC2OC2(C)C)cc1Br. The Kier molecular flexibility index (Phi) is 2.44. The first-order valence-electron chi connectivity index (χ1n) is 4.92. The lowest BCUT2D eigenvalue weighted by Crippen LogP contribution is -2.05. The van der Waals surface area contributed by atoms with Crippen LogP contribution < -0.4 is 0 Å². The van der Waals surface area contributed by atoms with E-state index in [9.17, 15) is 0 Å². The van der Waals surface area contributed by atoms with Crippen molar-refractivity contribution in [1.29, 1.82) is 0 Å². The van der Waals surface area contributed by atoms with E-state index in [-0.39, 0.29) is 5.60 Å². The van der Waals surface area contributed by atoms with Crippen LogP contribution in [0.2, 0.25) is 0 Å². The fourth-order valence-electron chi connectivity index (χ4n) is 1.60. The van der Waals surface area contributed by atoms with Gasteiger partial charge in [-0.05, 0) is 38.0 Å². The Bertz CT molecular complexity index is 357. The van der Waals surface area contributed by atoms with Gasteiger partial charge >= 0.3 is 0 Å². The van der Waals surface area contributed by atoms with Crippen LogP contribution in [0, 0.1) is 6.92 Å². The molecule has 1 atom stereocenters. The van der Waals surface area contributed by atoms with E-state index in [0.717, 1.165) is 6.42 Å². The fourth-order valence-corrected chi connectivity index (χ4v) is 2.02. The topological polar surface area (TPSA) is 12.5 Å². The maximum atomic E-state index is 5.56. The van der Waals surface area contributed by atoms with Gasteiger partial charge in [0.15, 0.2) is 0 Å². The first kappa shape index (κ1) is 10.2. The highest BCUT2D eigenvalue weighted by Gasteiger charge is 2.47. The van der Waals surface area contributed by atoms with Gasteiger partial charge in [-0.2, -0.15) is 0 Å². The van der Waals surface area contributed by atoms with Gasteiger partial charge in [0.25, 0.3) is 0 Å². The number of halogens is 1. The Balaban J connectivity index is 2.08. The zero-order chi connectivity index (χ0) is 10.3. The standard InChI is InChI=1S/C12H15BrO/c1-8-4-5-9(6-10(8)13)7-11-12(2,3)14-11/h4-6,11H,7H2,1-3H3. The molecule has 2 heteroatoms. The summed E-state index contributed by atoms with van der Waals surface area (Å²) in [5, 5.41) is 0. The number of hydrogen-bond acceptors (Lipinski definition) is 1. The quantitative estimate of drug-likeness (QED) is 0.737. The molecule has 0 amide bonds. The molecule has 1 aliphatic heterocycles. The highest BCUT2D eigenvalue weighted by Crippen LogP contribution is 2.37. The molecule has 1 aromatic carbocycles. The monoisotopic (exact) mass is 254 g/mol. The number of ether oxygens (including phenoxy) is 1. The van der Waals surface area contributed by atoms with Crippen LogP contribution in [0.5, 0.6) is 0 Å². The molecule has 0 saturated carbocycles. The van der Waals surface area contributed by atoms with Gasteiger partial charge in [0.2, 0.25) is 0 Å². The number of rotatable bonds is 2. The molecule has 0 N–H and O–H groups in total. The summed E-state index contributed by atoms with van der Waals surface area (Å²) < 4.78 is 6.75. The smallest absolute Gasteiger partial charge is 0.0908 e. The maximum absolute atomic E-state index is 5.56. The van der Waals surface area contributed by atoms with Crippen molar-refractivity contribution in [3.63, 3.8) is 0 Å². The predicted octanol–water partition coefficient (Wildman–Crippen LogP) is 3.48. The first-order chi connectivity index (χ1) is 6.49. The van der Waals surface area contributed by atoms with Crippen LogP contribution in [0.1, 0.15) is 25.0 Å². The Morgan fingerprint density at radius 2 is 2.07 bits per heavy atom. The summed E-state index contributed by atoms with van der Waals surface area (Å²) >= 11 is 3.54. The van der Waals surface area contributed by atoms with Crippen molar-refractivity contribution in [3.05, 3.63) is 33.8 Å². The summed E-state index contributed by atoms with van der Waals surface area (Å²) in [7, 11) is 0. The molecule has 14 heavy (non-hydrogen) atoms. The molecule has 0 radical (unpaired) electrons. The van der Waals surface area contributed by atoms with Crippen molar-refractivity contribution in [3.8, 4) is 0 Å². The van der Waals surface area contributed by atoms with E-state index in [2.05, 4.69) is 54.9 Å². The maximum Gasteiger partial charge on any atom is 0.0908 e. The molecule has 1 heterocycles. The second-order valence-electron chi connectivity index (χ2n) is 4.50. The minimum absolute atomic E-state index is 0.0946. The number of benzene rings is 1. The average Bonchev–Trinajstić information content (AvgIpc) is 2.67. The molecule has 2 rings (SSSR count). The van der Waals surface area contributed by atoms with Crippen molar-refractivity contribution < 1.29 is 4.74 Å². The molecule has 76 valence electrons. The summed E-state index contributed by atoms with van der Waals surface area (Å²) in [6, 6.07) is 6.51. The Morgan fingerprint density at radius 3 is 2.57 bits per heavy atom. The van der Waals surface area contributed by atoms with Crippen molar-refractivity contribution in [2.45, 2.75) is 38.9 Å². The molecule has 1 aliphatic rings. The molecule has 1 aromatic rings. The molecule has 0 aromatic heterocycles. The second-order valence-corrected chi connectivity index (χ2v) is 5.35. The zero-order valence-electron chi connectivity index (χ0n) is 8.80. The van der Waals surface area contributed by atoms with Gasteiger partial charge in [0.1, 0.15) is 0 Å². The molecule has 1 unspecified atom stereocenters. The van der Waals surface area contributed by atoms with Crippen molar-refractivity contribution in [2.24, 2.45) is 0 Å². The molecule has 0 bridgehead atoms. The van der Waals surface area contributed by atoms with Crippen molar-refractivity contribution in [2.75, 3.05) is 0 Å². The van der Waals surface area contributed by atoms with Crippen LogP contribution in [0.4, 0.5) is 0 Å². The van der Waals surface area contributed by atoms with Gasteiger partial charge in [0, 0.05) is 10.9 Å². The minimum atomic E-state index is 0.0946. The Labute approximate surface area is 93.6 Å². The van der Waals surface area contributed by atoms with Gasteiger partial charge in [-0.15, -0.1) is 0 Å². The highest BCUT2D eigenvalue weighted by molar-refractivity contribution is 9.10. The first-order valence-corrected chi connectivity index (χ1v) is 5.71. The lowest BCUT2D eigenvalue weighted by atomic mass is 10.0. The number of epoxide rings is 1. The molecule has 0 spiro atoms. The third-order valence-corrected chi connectivity index (χ3v) is 3.68. The number of aryl methyl sites for hydroxylation is 1. The third-order valence-electron chi connectivity index (χ3n) is 2.82. The van der Waals surface area contributed by atoms with E-state index in [4.69, 9.17) is 4.74 Å². The second kappa shape index (κ2) is 3.35. The normalized spacial score (nSPS) is 23.6. The Morgan fingerprint density at radius 1 is 1.43 bits per heavy atom. The van der Waals surface area contributed by atoms with E-state index in [0.29, 0.717) is 6.10 Å². The lowest BCUT2D eigenvalue weighted by molar-refractivity contribution is 0.323. The van der Waals surface area contributed by atoms with Crippen LogP contribution >= 0.6 is 15.9 Å². The van der Waals surface area contributed by atoms with Gasteiger partial charge in [-0.3, -0.25) is 0 Å². The molecule has 0 aliphatic carbocycles. The third kappa shape index (κ3) is 2.01. The van der Waals surface area contributed by atoms with Crippen molar-refractivity contribution >= 4 is 15.9 Å². The average molecular weight is 255 g/mol. The zero-order valence-corrected chi connectivity index (χ0v) is 10.4. The minimum Gasteiger partial charge on any atom is -0.366 e. The molecule has 1 saturated heterocycles. The number of hydrogen-bond donors (Lipinski definition) is 0. The molecule has 1 fully saturated rings. The Hall–Kier alpha value is -0.340. The lowest BCUT2D eigenvalue weighted by Gasteiger charge is -2.02. The van der Waals surface area contributed by atoms with Gasteiger partial charge in [0.05, 0.1) is 11.7 Å². The van der Waals surface area contributed by atoms with E-state index in [1.54, 1.807) is 0 Å². The van der Waals surface area contributed by atoms with E-state index in [1.807, 2.05) is 0 Å². The highest BCUT2D eigenvalue weighted by atomic mass is 79.9. The van der Waals surface area contributed by atoms with Crippen LogP contribution in [0.3, 0.4) is 0 Å². The molecule has 1 nitrogen and oxygen atoms in total. The largest absolute Gasteiger partial charge is 0.366 e. The summed E-state index contributed by atoms with van der Waals surface area (Å²) in [4.78, 5) is 0. The fraction of sp³-hybridized carbons (Fsp3) is 0.500. The van der Waals surface area contributed by atoms with E-state index in [1.165, 1.54) is 15.6 Å². The van der Waals surface area contributed by atoms with Crippen LogP contribution in [-0.2, 0) is 11.2 Å². The summed E-state index contributed by atoms with van der Waals surface area (Å²) in [5.41, 5.74) is 2.72. The van der Waals surface area contributed by atoms with Crippen LogP contribution in [0.15, 0.2) is 22.7 Å². The van der Waals surface area contributed by atoms with Crippen LogP contribution in [-0.4, -0.2) is 11.7 Å². The van der Waals surface area contributed by atoms with Gasteiger partial charge in [-0.25, -0.2) is 0 Å². The van der Waals surface area contributed by atoms with E-state index < -0.39 is 0 Å².